The Bertz CT molecular complexity index is 583. The molecule has 88 valence electrons. The fraction of sp³-hybridized carbons (Fsp3) is 0.300. The van der Waals surface area contributed by atoms with E-state index >= 15 is 0 Å². The molecule has 17 heavy (non-hydrogen) atoms. The molecule has 0 saturated heterocycles. The quantitative estimate of drug-likeness (QED) is 0.774. The van der Waals surface area contributed by atoms with Crippen LogP contribution in [0.3, 0.4) is 0 Å². The Labute approximate surface area is 99.8 Å². The molecular formula is C10H10N4O2S. The Hall–Kier alpha value is -1.96. The van der Waals surface area contributed by atoms with E-state index in [4.69, 9.17) is 10.5 Å². The Morgan fingerprint density at radius 1 is 1.47 bits per heavy atom. The van der Waals surface area contributed by atoms with Gasteiger partial charge in [-0.05, 0) is 12.1 Å². The second-order valence-electron chi connectivity index (χ2n) is 3.20. The molecule has 0 atom stereocenters. The van der Waals surface area contributed by atoms with Gasteiger partial charge in [0.25, 0.3) is 0 Å². The van der Waals surface area contributed by atoms with Crippen molar-refractivity contribution in [2.24, 2.45) is 0 Å². The predicted molar refractivity (Wildman–Crippen MR) is 59.0 cm³/mol. The van der Waals surface area contributed by atoms with Gasteiger partial charge in [0, 0.05) is 26.2 Å². The van der Waals surface area contributed by atoms with E-state index in [0.717, 1.165) is 4.31 Å². The van der Waals surface area contributed by atoms with Gasteiger partial charge in [-0.3, -0.25) is 0 Å². The van der Waals surface area contributed by atoms with Crippen molar-refractivity contribution in [2.75, 3.05) is 13.6 Å². The third kappa shape index (κ3) is 2.78. The van der Waals surface area contributed by atoms with Crippen molar-refractivity contribution in [3.05, 3.63) is 24.0 Å². The van der Waals surface area contributed by atoms with E-state index < -0.39 is 10.0 Å². The second kappa shape index (κ2) is 5.39. The summed E-state index contributed by atoms with van der Waals surface area (Å²) in [4.78, 5) is 3.56. The first-order chi connectivity index (χ1) is 8.04. The highest BCUT2D eigenvalue weighted by Gasteiger charge is 2.24. The Morgan fingerprint density at radius 2 is 2.18 bits per heavy atom. The molecule has 6 nitrogen and oxygen atoms in total. The van der Waals surface area contributed by atoms with Gasteiger partial charge < -0.3 is 0 Å². The van der Waals surface area contributed by atoms with Gasteiger partial charge in [-0.1, -0.05) is 0 Å². The van der Waals surface area contributed by atoms with Gasteiger partial charge in [0.15, 0.2) is 5.69 Å². The third-order valence-corrected chi connectivity index (χ3v) is 3.99. The van der Waals surface area contributed by atoms with Crippen LogP contribution in [0.15, 0.2) is 23.2 Å². The summed E-state index contributed by atoms with van der Waals surface area (Å²) in [7, 11) is -2.39. The van der Waals surface area contributed by atoms with Crippen molar-refractivity contribution in [1.82, 2.24) is 9.29 Å². The van der Waals surface area contributed by atoms with Crippen molar-refractivity contribution >= 4 is 10.0 Å². The highest BCUT2D eigenvalue weighted by molar-refractivity contribution is 7.89. The molecule has 1 aromatic heterocycles. The molecule has 0 radical (unpaired) electrons. The number of nitrogens with zero attached hydrogens (tertiary/aromatic N) is 4. The summed E-state index contributed by atoms with van der Waals surface area (Å²) in [5.74, 6) is 0. The van der Waals surface area contributed by atoms with Gasteiger partial charge in [0.05, 0.1) is 6.07 Å². The first-order valence-corrected chi connectivity index (χ1v) is 6.16. The van der Waals surface area contributed by atoms with Crippen molar-refractivity contribution in [3.63, 3.8) is 0 Å². The first kappa shape index (κ1) is 13.1. The summed E-state index contributed by atoms with van der Waals surface area (Å²) in [6.07, 6.45) is 1.45. The molecule has 0 N–H and O–H groups in total. The zero-order valence-electron chi connectivity index (χ0n) is 9.16. The van der Waals surface area contributed by atoms with Crippen LogP contribution >= 0.6 is 0 Å². The van der Waals surface area contributed by atoms with E-state index in [2.05, 4.69) is 4.98 Å². The molecular weight excluding hydrogens is 240 g/mol. The second-order valence-corrected chi connectivity index (χ2v) is 5.21. The highest BCUT2D eigenvalue weighted by atomic mass is 32.2. The molecule has 0 unspecified atom stereocenters. The maximum atomic E-state index is 12.0. The number of pyridine rings is 1. The number of hydrogen-bond acceptors (Lipinski definition) is 5. The van der Waals surface area contributed by atoms with E-state index in [1.165, 1.54) is 25.4 Å². The normalized spacial score (nSPS) is 10.8. The molecule has 0 saturated carbocycles. The largest absolute Gasteiger partial charge is 0.245 e. The van der Waals surface area contributed by atoms with Crippen LogP contribution in [0.5, 0.6) is 0 Å². The molecule has 0 amide bonds. The maximum Gasteiger partial charge on any atom is 0.245 e. The number of nitriles is 2. The zero-order chi connectivity index (χ0) is 12.9. The minimum Gasteiger partial charge on any atom is -0.244 e. The molecule has 7 heteroatoms. The van der Waals surface area contributed by atoms with E-state index in [9.17, 15) is 8.42 Å². The minimum atomic E-state index is -3.76. The Balaban J connectivity index is 3.15. The van der Waals surface area contributed by atoms with Crippen molar-refractivity contribution in [2.45, 2.75) is 11.3 Å². The number of sulfonamides is 1. The van der Waals surface area contributed by atoms with Crippen molar-refractivity contribution < 1.29 is 8.42 Å². The summed E-state index contributed by atoms with van der Waals surface area (Å²) in [6.45, 7) is 0.0819. The van der Waals surface area contributed by atoms with Crippen LogP contribution in [0.25, 0.3) is 0 Å². The molecule has 0 spiro atoms. The van der Waals surface area contributed by atoms with Crippen molar-refractivity contribution in [3.8, 4) is 12.1 Å². The van der Waals surface area contributed by atoms with Gasteiger partial charge in [0.2, 0.25) is 10.0 Å². The molecule has 0 bridgehead atoms. The highest BCUT2D eigenvalue weighted by Crippen LogP contribution is 2.16. The van der Waals surface area contributed by atoms with Crippen LogP contribution in [0.2, 0.25) is 0 Å². The van der Waals surface area contributed by atoms with Gasteiger partial charge >= 0.3 is 0 Å². The molecule has 1 rings (SSSR count). The average molecular weight is 250 g/mol. The van der Waals surface area contributed by atoms with Gasteiger partial charge in [0.1, 0.15) is 11.0 Å². The van der Waals surface area contributed by atoms with Crippen LogP contribution in [0.1, 0.15) is 12.1 Å². The predicted octanol–water partition coefficient (Wildman–Crippen LogP) is 0.487. The minimum absolute atomic E-state index is 0.0819. The van der Waals surface area contributed by atoms with Crippen LogP contribution in [0, 0.1) is 22.7 Å². The average Bonchev–Trinajstić information content (AvgIpc) is 2.35. The molecule has 0 aliphatic heterocycles. The number of rotatable bonds is 4. The topological polar surface area (TPSA) is 97.8 Å². The molecule has 0 fully saturated rings. The third-order valence-electron chi connectivity index (χ3n) is 2.10. The lowest BCUT2D eigenvalue weighted by Gasteiger charge is -2.15. The van der Waals surface area contributed by atoms with E-state index in [0.29, 0.717) is 0 Å². The monoisotopic (exact) mass is 250 g/mol. The maximum absolute atomic E-state index is 12.0. The lowest BCUT2D eigenvalue weighted by Crippen LogP contribution is -2.28. The van der Waals surface area contributed by atoms with E-state index in [1.807, 2.05) is 6.07 Å². The van der Waals surface area contributed by atoms with Gasteiger partial charge in [-0.25, -0.2) is 13.4 Å². The summed E-state index contributed by atoms with van der Waals surface area (Å²) >= 11 is 0. The number of hydrogen-bond donors (Lipinski definition) is 0. The van der Waals surface area contributed by atoms with Gasteiger partial charge in [-0.2, -0.15) is 14.8 Å². The first-order valence-electron chi connectivity index (χ1n) is 4.72. The van der Waals surface area contributed by atoms with E-state index in [-0.39, 0.29) is 23.6 Å². The standard InChI is InChI=1S/C10H10N4O2S/c1-14(7-3-5-11)17(15,16)10-4-2-6-13-9(10)8-12/h2,4,6H,3,7H2,1H3. The fourth-order valence-electron chi connectivity index (χ4n) is 1.18. The van der Waals surface area contributed by atoms with E-state index in [1.54, 1.807) is 6.07 Å². The summed E-state index contributed by atoms with van der Waals surface area (Å²) in [5, 5.41) is 17.2. The summed E-state index contributed by atoms with van der Waals surface area (Å²) in [6, 6.07) is 6.37. The van der Waals surface area contributed by atoms with Gasteiger partial charge in [-0.15, -0.1) is 0 Å². The zero-order valence-corrected chi connectivity index (χ0v) is 9.98. The lowest BCUT2D eigenvalue weighted by molar-refractivity contribution is 0.476. The fourth-order valence-corrected chi connectivity index (χ4v) is 2.44. The van der Waals surface area contributed by atoms with Crippen LogP contribution in [-0.4, -0.2) is 31.3 Å². The van der Waals surface area contributed by atoms with Crippen LogP contribution in [-0.2, 0) is 10.0 Å². The molecule has 0 aliphatic carbocycles. The van der Waals surface area contributed by atoms with Crippen LogP contribution in [0.4, 0.5) is 0 Å². The van der Waals surface area contributed by atoms with Crippen LogP contribution < -0.4 is 0 Å². The summed E-state index contributed by atoms with van der Waals surface area (Å²) in [5.41, 5.74) is -0.142. The molecule has 0 aliphatic rings. The molecule has 0 aromatic carbocycles. The Morgan fingerprint density at radius 3 is 2.76 bits per heavy atom. The summed E-state index contributed by atoms with van der Waals surface area (Å²) < 4.78 is 25.1. The molecule has 1 aromatic rings. The lowest BCUT2D eigenvalue weighted by atomic mass is 10.4. The molecule has 1 heterocycles. The smallest absolute Gasteiger partial charge is 0.244 e. The SMILES string of the molecule is CN(CCC#N)S(=O)(=O)c1cccnc1C#N. The number of aromatic nitrogens is 1. The Kier molecular flexibility index (Phi) is 4.16. The van der Waals surface area contributed by atoms with Crippen molar-refractivity contribution in [1.29, 1.82) is 10.5 Å².